The molecule has 0 bridgehead atoms. The van der Waals surface area contributed by atoms with Crippen molar-refractivity contribution in [3.63, 3.8) is 0 Å². The van der Waals surface area contributed by atoms with Gasteiger partial charge in [-0.3, -0.25) is 4.79 Å². The Morgan fingerprint density at radius 1 is 1.33 bits per heavy atom. The molecule has 0 unspecified atom stereocenters. The Morgan fingerprint density at radius 3 is 2.70 bits per heavy atom. The van der Waals surface area contributed by atoms with Crippen molar-refractivity contribution < 1.29 is 23.0 Å². The third kappa shape index (κ3) is 4.13. The van der Waals surface area contributed by atoms with Crippen molar-refractivity contribution in [3.05, 3.63) is 47.5 Å². The second-order valence-corrected chi connectivity index (χ2v) is 6.47. The number of fused-ring (bicyclic) bond motifs is 1. The van der Waals surface area contributed by atoms with Gasteiger partial charge in [-0.25, -0.2) is 8.78 Å². The van der Waals surface area contributed by atoms with E-state index in [0.717, 1.165) is 29.9 Å². The van der Waals surface area contributed by atoms with Crippen LogP contribution in [-0.4, -0.2) is 24.7 Å². The summed E-state index contributed by atoms with van der Waals surface area (Å²) >= 11 is 0. The fourth-order valence-corrected chi connectivity index (χ4v) is 2.97. The standard InChI is InChI=1S/C20H22F2N2O3/c1-4-26-18-9-13-8-11(2)27-17(13)10-16(18)23-12(3)20(25)24-19-14(21)6-5-7-15(19)22/h5-7,9-12,23H,4,8H2,1-3H3,(H,24,25)/t11-,12-/m1/s1. The summed E-state index contributed by atoms with van der Waals surface area (Å²) < 4.78 is 38.9. The number of rotatable bonds is 6. The van der Waals surface area contributed by atoms with Crippen molar-refractivity contribution >= 4 is 17.3 Å². The van der Waals surface area contributed by atoms with Crippen molar-refractivity contribution in [1.29, 1.82) is 0 Å². The summed E-state index contributed by atoms with van der Waals surface area (Å²) in [4.78, 5) is 12.4. The fraction of sp³-hybridized carbons (Fsp3) is 0.350. The molecule has 0 spiro atoms. The highest BCUT2D eigenvalue weighted by Crippen LogP contribution is 2.38. The van der Waals surface area contributed by atoms with Crippen molar-refractivity contribution in [2.24, 2.45) is 0 Å². The number of benzene rings is 2. The van der Waals surface area contributed by atoms with Crippen LogP contribution in [0, 0.1) is 11.6 Å². The number of halogens is 2. The summed E-state index contributed by atoms with van der Waals surface area (Å²) in [6, 6.07) is 6.33. The molecule has 2 aromatic rings. The van der Waals surface area contributed by atoms with E-state index in [9.17, 15) is 13.6 Å². The highest BCUT2D eigenvalue weighted by molar-refractivity contribution is 5.96. The Morgan fingerprint density at radius 2 is 2.04 bits per heavy atom. The lowest BCUT2D eigenvalue weighted by atomic mass is 10.1. The third-order valence-electron chi connectivity index (χ3n) is 4.27. The normalized spacial score (nSPS) is 16.3. The molecule has 27 heavy (non-hydrogen) atoms. The molecule has 0 aliphatic carbocycles. The number of para-hydroxylation sites is 1. The Labute approximate surface area is 156 Å². The molecule has 1 amide bonds. The minimum atomic E-state index is -0.828. The zero-order chi connectivity index (χ0) is 19.6. The summed E-state index contributed by atoms with van der Waals surface area (Å²) in [5, 5.41) is 5.32. The van der Waals surface area contributed by atoms with E-state index < -0.39 is 29.3 Å². The summed E-state index contributed by atoms with van der Waals surface area (Å²) in [6.45, 7) is 5.91. The zero-order valence-electron chi connectivity index (χ0n) is 15.4. The van der Waals surface area contributed by atoms with E-state index in [0.29, 0.717) is 18.0 Å². The molecule has 0 saturated carbocycles. The maximum Gasteiger partial charge on any atom is 0.246 e. The largest absolute Gasteiger partial charge is 0.492 e. The molecular formula is C20H22F2N2O3. The molecule has 0 saturated heterocycles. The van der Waals surface area contributed by atoms with Crippen LogP contribution in [0.5, 0.6) is 11.5 Å². The highest BCUT2D eigenvalue weighted by Gasteiger charge is 2.24. The Hall–Kier alpha value is -2.83. The topological polar surface area (TPSA) is 59.6 Å². The molecule has 0 fully saturated rings. The van der Waals surface area contributed by atoms with Gasteiger partial charge in [-0.1, -0.05) is 6.07 Å². The zero-order valence-corrected chi connectivity index (χ0v) is 15.4. The number of carbonyl (C=O) groups is 1. The second kappa shape index (κ2) is 7.82. The van der Waals surface area contributed by atoms with Gasteiger partial charge in [0.05, 0.1) is 12.3 Å². The first-order chi connectivity index (χ1) is 12.9. The van der Waals surface area contributed by atoms with E-state index in [1.165, 1.54) is 6.07 Å². The molecule has 2 aromatic carbocycles. The van der Waals surface area contributed by atoms with Crippen LogP contribution in [0.4, 0.5) is 20.2 Å². The van der Waals surface area contributed by atoms with E-state index >= 15 is 0 Å². The second-order valence-electron chi connectivity index (χ2n) is 6.47. The van der Waals surface area contributed by atoms with Crippen molar-refractivity contribution in [1.82, 2.24) is 0 Å². The van der Waals surface area contributed by atoms with Crippen LogP contribution >= 0.6 is 0 Å². The molecule has 3 rings (SSSR count). The van der Waals surface area contributed by atoms with E-state index in [2.05, 4.69) is 10.6 Å². The molecule has 1 aliphatic heterocycles. The van der Waals surface area contributed by atoms with Gasteiger partial charge in [0.15, 0.2) is 0 Å². The minimum Gasteiger partial charge on any atom is -0.492 e. The molecule has 2 N–H and O–H groups in total. The number of nitrogens with one attached hydrogen (secondary N) is 2. The van der Waals surface area contributed by atoms with Gasteiger partial charge in [-0.05, 0) is 39.0 Å². The number of amides is 1. The van der Waals surface area contributed by atoms with Crippen LogP contribution in [0.3, 0.4) is 0 Å². The number of anilines is 2. The monoisotopic (exact) mass is 376 g/mol. The van der Waals surface area contributed by atoms with E-state index in [4.69, 9.17) is 9.47 Å². The van der Waals surface area contributed by atoms with Crippen molar-refractivity contribution in [2.45, 2.75) is 39.3 Å². The summed E-state index contributed by atoms with van der Waals surface area (Å²) in [5.41, 5.74) is 1.16. The van der Waals surface area contributed by atoms with Gasteiger partial charge in [-0.15, -0.1) is 0 Å². The predicted octanol–water partition coefficient (Wildman–Crippen LogP) is 4.13. The lowest BCUT2D eigenvalue weighted by Gasteiger charge is -2.19. The fourth-order valence-electron chi connectivity index (χ4n) is 2.97. The van der Waals surface area contributed by atoms with Gasteiger partial charge in [0.2, 0.25) is 5.91 Å². The quantitative estimate of drug-likeness (QED) is 0.796. The Kier molecular flexibility index (Phi) is 5.48. The first-order valence-electron chi connectivity index (χ1n) is 8.86. The highest BCUT2D eigenvalue weighted by atomic mass is 19.1. The number of ether oxygens (including phenoxy) is 2. The van der Waals surface area contributed by atoms with Crippen LogP contribution in [0.15, 0.2) is 30.3 Å². The summed E-state index contributed by atoms with van der Waals surface area (Å²) in [5.74, 6) is -0.890. The van der Waals surface area contributed by atoms with Crippen LogP contribution in [0.1, 0.15) is 26.3 Å². The number of hydrogen-bond donors (Lipinski definition) is 2. The van der Waals surface area contributed by atoms with E-state index in [1.54, 1.807) is 13.0 Å². The maximum atomic E-state index is 13.7. The SMILES string of the molecule is CCOc1cc2c(cc1N[C@H](C)C(=O)Nc1c(F)cccc1F)O[C@H](C)C2. The first kappa shape index (κ1) is 18.9. The first-order valence-corrected chi connectivity index (χ1v) is 8.86. The molecule has 0 radical (unpaired) electrons. The van der Waals surface area contributed by atoms with Gasteiger partial charge in [0, 0.05) is 18.1 Å². The molecule has 7 heteroatoms. The molecule has 5 nitrogen and oxygen atoms in total. The van der Waals surface area contributed by atoms with Crippen LogP contribution < -0.4 is 20.1 Å². The van der Waals surface area contributed by atoms with E-state index in [-0.39, 0.29) is 6.10 Å². The minimum absolute atomic E-state index is 0.0782. The van der Waals surface area contributed by atoms with Gasteiger partial charge in [-0.2, -0.15) is 0 Å². The van der Waals surface area contributed by atoms with E-state index in [1.807, 2.05) is 19.9 Å². The number of carbonyl (C=O) groups excluding carboxylic acids is 1. The Balaban J connectivity index is 1.78. The van der Waals surface area contributed by atoms with Crippen LogP contribution in [-0.2, 0) is 11.2 Å². The molecule has 1 aliphatic rings. The van der Waals surface area contributed by atoms with Gasteiger partial charge >= 0.3 is 0 Å². The summed E-state index contributed by atoms with van der Waals surface area (Å²) in [6.07, 6.45) is 0.868. The molecule has 144 valence electrons. The molecule has 1 heterocycles. The molecule has 0 aromatic heterocycles. The average molecular weight is 376 g/mol. The lowest BCUT2D eigenvalue weighted by molar-refractivity contribution is -0.116. The number of hydrogen-bond acceptors (Lipinski definition) is 4. The molecular weight excluding hydrogens is 354 g/mol. The van der Waals surface area contributed by atoms with Crippen LogP contribution in [0.25, 0.3) is 0 Å². The third-order valence-corrected chi connectivity index (χ3v) is 4.27. The van der Waals surface area contributed by atoms with Gasteiger partial charge < -0.3 is 20.1 Å². The predicted molar refractivity (Wildman–Crippen MR) is 99.5 cm³/mol. The van der Waals surface area contributed by atoms with Gasteiger partial charge in [0.1, 0.15) is 41.0 Å². The van der Waals surface area contributed by atoms with Crippen molar-refractivity contribution in [2.75, 3.05) is 17.2 Å². The Bertz CT molecular complexity index is 837. The lowest BCUT2D eigenvalue weighted by Crippen LogP contribution is -2.32. The van der Waals surface area contributed by atoms with Crippen LogP contribution in [0.2, 0.25) is 0 Å². The maximum absolute atomic E-state index is 13.7. The summed E-state index contributed by atoms with van der Waals surface area (Å²) in [7, 11) is 0. The van der Waals surface area contributed by atoms with Crippen molar-refractivity contribution in [3.8, 4) is 11.5 Å². The molecule has 2 atom stereocenters. The van der Waals surface area contributed by atoms with Gasteiger partial charge in [0.25, 0.3) is 0 Å². The average Bonchev–Trinajstić information content (AvgIpc) is 2.97. The smallest absolute Gasteiger partial charge is 0.246 e.